The second-order valence-corrected chi connectivity index (χ2v) is 6.46. The molecule has 7 heteroatoms. The van der Waals surface area contributed by atoms with E-state index in [1.165, 1.54) is 24.3 Å². The van der Waals surface area contributed by atoms with Crippen molar-refractivity contribution in [3.8, 4) is 5.75 Å². The van der Waals surface area contributed by atoms with Crippen LogP contribution in [-0.4, -0.2) is 15.3 Å². The highest BCUT2D eigenvalue weighted by Crippen LogP contribution is 2.19. The number of benzene rings is 2. The normalized spacial score (nSPS) is 10.8. The van der Waals surface area contributed by atoms with Crippen molar-refractivity contribution in [1.82, 2.24) is 14.7 Å². The van der Waals surface area contributed by atoms with E-state index in [2.05, 4.69) is 10.3 Å². The van der Waals surface area contributed by atoms with E-state index in [1.54, 1.807) is 53.5 Å². The zero-order chi connectivity index (χ0) is 20.2. The summed E-state index contributed by atoms with van der Waals surface area (Å²) in [6.45, 7) is 0.0125. The molecule has 0 atom stereocenters. The number of carbonyl (C=O) groups is 1. The van der Waals surface area contributed by atoms with Gasteiger partial charge in [0, 0.05) is 23.9 Å². The van der Waals surface area contributed by atoms with Crippen LogP contribution in [-0.2, 0) is 13.2 Å². The fourth-order valence-corrected chi connectivity index (χ4v) is 2.88. The highest BCUT2D eigenvalue weighted by Gasteiger charge is 2.10. The number of nitrogens with zero attached hydrogens (tertiary/aromatic N) is 2. The van der Waals surface area contributed by atoms with E-state index < -0.39 is 5.82 Å². The number of nitrogens with one attached hydrogen (secondary N) is 1. The number of fused-ring (bicyclic) bond motifs is 1. The molecule has 1 N–H and O–H groups in total. The third-order valence-corrected chi connectivity index (χ3v) is 4.48. The van der Waals surface area contributed by atoms with Crippen LogP contribution in [0.15, 0.2) is 73.3 Å². The Balaban J connectivity index is 1.42. The number of halogens is 2. The molecule has 4 rings (SSSR count). The van der Waals surface area contributed by atoms with Crippen molar-refractivity contribution in [3.63, 3.8) is 0 Å². The van der Waals surface area contributed by atoms with Crippen molar-refractivity contribution < 1.29 is 18.3 Å². The van der Waals surface area contributed by atoms with E-state index >= 15 is 0 Å². The Morgan fingerprint density at radius 2 is 1.86 bits per heavy atom. The maximum atomic E-state index is 14.1. The fourth-order valence-electron chi connectivity index (χ4n) is 2.88. The third-order valence-electron chi connectivity index (χ3n) is 4.48. The second kappa shape index (κ2) is 8.10. The SMILES string of the molecule is O=C(NCc1cc(OCc2ccccc2F)ccc1F)c1ccc2cncn2c1. The van der Waals surface area contributed by atoms with Gasteiger partial charge in [0.25, 0.3) is 5.91 Å². The number of pyridine rings is 1. The molecule has 0 radical (unpaired) electrons. The summed E-state index contributed by atoms with van der Waals surface area (Å²) in [5.41, 5.74) is 1.98. The van der Waals surface area contributed by atoms with Gasteiger partial charge in [0.15, 0.2) is 0 Å². The highest BCUT2D eigenvalue weighted by atomic mass is 19.1. The lowest BCUT2D eigenvalue weighted by atomic mass is 10.2. The summed E-state index contributed by atoms with van der Waals surface area (Å²) < 4.78 is 35.1. The number of hydrogen-bond acceptors (Lipinski definition) is 3. The molecule has 0 aliphatic heterocycles. The molecule has 0 fully saturated rings. The number of ether oxygens (including phenoxy) is 1. The van der Waals surface area contributed by atoms with Gasteiger partial charge in [-0.25, -0.2) is 13.8 Å². The summed E-state index contributed by atoms with van der Waals surface area (Å²) in [5.74, 6) is -0.776. The van der Waals surface area contributed by atoms with Crippen LogP contribution in [0.2, 0.25) is 0 Å². The van der Waals surface area contributed by atoms with Crippen LogP contribution in [0, 0.1) is 11.6 Å². The van der Waals surface area contributed by atoms with E-state index in [0.717, 1.165) is 5.52 Å². The van der Waals surface area contributed by atoms with Crippen LogP contribution in [0.4, 0.5) is 8.78 Å². The molecule has 0 aliphatic carbocycles. The van der Waals surface area contributed by atoms with Gasteiger partial charge in [0.05, 0.1) is 23.6 Å². The zero-order valence-electron chi connectivity index (χ0n) is 15.3. The lowest BCUT2D eigenvalue weighted by Gasteiger charge is -2.11. The Morgan fingerprint density at radius 3 is 2.72 bits per heavy atom. The smallest absolute Gasteiger partial charge is 0.253 e. The molecule has 2 aromatic carbocycles. The average molecular weight is 393 g/mol. The minimum Gasteiger partial charge on any atom is -0.489 e. The second-order valence-electron chi connectivity index (χ2n) is 6.46. The maximum Gasteiger partial charge on any atom is 0.253 e. The quantitative estimate of drug-likeness (QED) is 0.536. The summed E-state index contributed by atoms with van der Waals surface area (Å²) in [7, 11) is 0. The molecular formula is C22H17F2N3O2. The number of hydrogen-bond donors (Lipinski definition) is 1. The van der Waals surface area contributed by atoms with Gasteiger partial charge in [0.1, 0.15) is 24.0 Å². The molecule has 29 heavy (non-hydrogen) atoms. The molecule has 0 unspecified atom stereocenters. The van der Waals surface area contributed by atoms with E-state index in [-0.39, 0.29) is 30.4 Å². The van der Waals surface area contributed by atoms with E-state index in [4.69, 9.17) is 4.74 Å². The van der Waals surface area contributed by atoms with Crippen molar-refractivity contribution in [3.05, 3.63) is 102 Å². The van der Waals surface area contributed by atoms with E-state index in [1.807, 2.05) is 0 Å². The lowest BCUT2D eigenvalue weighted by molar-refractivity contribution is 0.0950. The summed E-state index contributed by atoms with van der Waals surface area (Å²) in [5, 5.41) is 2.69. The van der Waals surface area contributed by atoms with Crippen molar-refractivity contribution >= 4 is 11.4 Å². The summed E-state index contributed by atoms with van der Waals surface area (Å²) in [6.07, 6.45) is 4.94. The Kier molecular flexibility index (Phi) is 5.20. The minimum absolute atomic E-state index is 0.0104. The van der Waals surface area contributed by atoms with Crippen LogP contribution >= 0.6 is 0 Å². The van der Waals surface area contributed by atoms with Gasteiger partial charge < -0.3 is 14.5 Å². The Bertz CT molecular complexity index is 1170. The van der Waals surface area contributed by atoms with Crippen LogP contribution in [0.5, 0.6) is 5.75 Å². The Morgan fingerprint density at radius 1 is 1.03 bits per heavy atom. The first-order valence-electron chi connectivity index (χ1n) is 8.95. The minimum atomic E-state index is -0.464. The molecule has 0 saturated carbocycles. The van der Waals surface area contributed by atoms with Gasteiger partial charge in [-0.05, 0) is 36.4 Å². The predicted molar refractivity (Wildman–Crippen MR) is 103 cm³/mol. The number of rotatable bonds is 6. The Labute approximate surface area is 165 Å². The van der Waals surface area contributed by atoms with Crippen molar-refractivity contribution in [1.29, 1.82) is 0 Å². The number of amides is 1. The molecule has 0 bridgehead atoms. The van der Waals surface area contributed by atoms with Gasteiger partial charge in [0.2, 0.25) is 0 Å². The van der Waals surface area contributed by atoms with Crippen molar-refractivity contribution in [2.75, 3.05) is 0 Å². The molecule has 2 heterocycles. The van der Waals surface area contributed by atoms with Gasteiger partial charge in [-0.1, -0.05) is 18.2 Å². The first kappa shape index (κ1) is 18.6. The summed E-state index contributed by atoms with van der Waals surface area (Å²) in [6, 6.07) is 14.0. The van der Waals surface area contributed by atoms with Crippen molar-refractivity contribution in [2.45, 2.75) is 13.2 Å². The first-order chi connectivity index (χ1) is 14.1. The van der Waals surface area contributed by atoms with E-state index in [9.17, 15) is 13.6 Å². The van der Waals surface area contributed by atoms with Gasteiger partial charge in [-0.2, -0.15) is 0 Å². The fraction of sp³-hybridized carbons (Fsp3) is 0.0909. The monoisotopic (exact) mass is 393 g/mol. The molecule has 5 nitrogen and oxygen atoms in total. The predicted octanol–water partition coefficient (Wildman–Crippen LogP) is 4.12. The molecule has 146 valence electrons. The first-order valence-corrected chi connectivity index (χ1v) is 8.95. The molecule has 0 saturated heterocycles. The average Bonchev–Trinajstić information content (AvgIpc) is 3.21. The van der Waals surface area contributed by atoms with Crippen LogP contribution in [0.25, 0.3) is 5.52 Å². The molecule has 0 spiro atoms. The third kappa shape index (κ3) is 4.24. The van der Waals surface area contributed by atoms with Gasteiger partial charge in [-0.15, -0.1) is 0 Å². The molecule has 4 aromatic rings. The summed E-state index contributed by atoms with van der Waals surface area (Å²) in [4.78, 5) is 16.4. The molecular weight excluding hydrogens is 376 g/mol. The number of imidazole rings is 1. The Hall–Kier alpha value is -3.74. The molecule has 2 aromatic heterocycles. The zero-order valence-corrected chi connectivity index (χ0v) is 15.3. The largest absolute Gasteiger partial charge is 0.489 e. The van der Waals surface area contributed by atoms with Crippen LogP contribution in [0.3, 0.4) is 0 Å². The standard InChI is InChI=1S/C22H17F2N3O2/c23-20-4-2-1-3-16(20)13-29-19-7-8-21(24)17(9-19)10-26-22(28)15-5-6-18-11-25-14-27(18)12-15/h1-9,11-12,14H,10,13H2,(H,26,28). The van der Waals surface area contributed by atoms with Crippen LogP contribution in [0.1, 0.15) is 21.5 Å². The number of carbonyl (C=O) groups excluding carboxylic acids is 1. The summed E-state index contributed by atoms with van der Waals surface area (Å²) >= 11 is 0. The maximum absolute atomic E-state index is 14.1. The topological polar surface area (TPSA) is 55.6 Å². The molecule has 0 aliphatic rings. The number of aromatic nitrogens is 2. The van der Waals surface area contributed by atoms with Crippen molar-refractivity contribution in [2.24, 2.45) is 0 Å². The molecule has 1 amide bonds. The van der Waals surface area contributed by atoms with Gasteiger partial charge >= 0.3 is 0 Å². The lowest BCUT2D eigenvalue weighted by Crippen LogP contribution is -2.23. The van der Waals surface area contributed by atoms with E-state index in [0.29, 0.717) is 16.9 Å². The highest BCUT2D eigenvalue weighted by molar-refractivity contribution is 5.94. The van der Waals surface area contributed by atoms with Crippen LogP contribution < -0.4 is 10.1 Å². The van der Waals surface area contributed by atoms with Gasteiger partial charge in [-0.3, -0.25) is 4.79 Å².